The highest BCUT2D eigenvalue weighted by Crippen LogP contribution is 2.33. The Kier molecular flexibility index (Phi) is 6.67. The summed E-state index contributed by atoms with van der Waals surface area (Å²) in [6.07, 6.45) is 0. The van der Waals surface area contributed by atoms with Crippen LogP contribution in [0.15, 0.2) is 18.2 Å². The molecule has 0 atom stereocenters. The zero-order valence-electron chi connectivity index (χ0n) is 16.7. The van der Waals surface area contributed by atoms with Crippen molar-refractivity contribution in [1.29, 1.82) is 10.5 Å². The Morgan fingerprint density at radius 3 is 2.81 bits per heavy atom. The summed E-state index contributed by atoms with van der Waals surface area (Å²) in [7, 11) is 0. The Balaban J connectivity index is 1.83. The molecule has 10 nitrogen and oxygen atoms in total. The number of H-pyrrole nitrogens is 1. The van der Waals surface area contributed by atoms with E-state index in [1.54, 1.807) is 25.3 Å². The molecule has 12 heteroatoms. The molecule has 2 heterocycles. The highest BCUT2D eigenvalue weighted by Gasteiger charge is 2.27. The molecule has 0 bridgehead atoms. The third kappa shape index (κ3) is 4.57. The molecule has 0 saturated heterocycles. The molecule has 1 aromatic carbocycles. The van der Waals surface area contributed by atoms with Gasteiger partial charge in [-0.1, -0.05) is 11.3 Å². The van der Waals surface area contributed by atoms with E-state index in [4.69, 9.17) is 26.7 Å². The number of nitrogens with two attached hydrogens (primary N) is 3. The van der Waals surface area contributed by atoms with Crippen molar-refractivity contribution in [3.05, 3.63) is 33.8 Å². The van der Waals surface area contributed by atoms with Crippen LogP contribution < -0.4 is 26.7 Å². The fourth-order valence-electron chi connectivity index (χ4n) is 2.72. The van der Waals surface area contributed by atoms with Crippen molar-refractivity contribution < 1.29 is 19.3 Å². The summed E-state index contributed by atoms with van der Waals surface area (Å²) in [5.74, 6) is -1.38. The molecule has 0 amide bonds. The van der Waals surface area contributed by atoms with Crippen LogP contribution in [-0.4, -0.2) is 17.6 Å². The summed E-state index contributed by atoms with van der Waals surface area (Å²) < 4.78 is 8.07. The van der Waals surface area contributed by atoms with E-state index in [0.717, 1.165) is 22.2 Å². The maximum atomic E-state index is 12.0. The van der Waals surface area contributed by atoms with Gasteiger partial charge in [-0.15, -0.1) is 4.37 Å². The molecule has 0 aliphatic heterocycles. The fraction of sp³-hybridized carbons (Fsp3) is 0.211. The number of aromatic amines is 1. The molecule has 31 heavy (non-hydrogen) atoms. The van der Waals surface area contributed by atoms with E-state index in [0.29, 0.717) is 32.5 Å². The maximum Gasteiger partial charge on any atom is 0.356 e. The first-order valence-corrected chi connectivity index (χ1v) is 10.8. The van der Waals surface area contributed by atoms with Crippen LogP contribution in [0, 0.1) is 29.6 Å². The average molecular weight is 457 g/mol. The number of nitrogen functional groups attached to an aromatic ring is 3. The quantitative estimate of drug-likeness (QED) is 0.179. The first-order valence-electron chi connectivity index (χ1n) is 9.12. The molecule has 3 rings (SSSR count). The molecular weight excluding hydrogens is 436 g/mol. The fourth-order valence-corrected chi connectivity index (χ4v) is 4.42. The first-order chi connectivity index (χ1) is 14.9. The molecule has 0 fully saturated rings. The minimum absolute atomic E-state index is 0.256. The first kappa shape index (κ1) is 22.0. The minimum atomic E-state index is -0.895. The Labute approximate surface area is 186 Å². The van der Waals surface area contributed by atoms with E-state index in [1.807, 2.05) is 24.3 Å². The molecular formula is C19H20N8O2S2+2. The molecule has 0 spiro atoms. The van der Waals surface area contributed by atoms with Crippen molar-refractivity contribution in [2.24, 2.45) is 0 Å². The van der Waals surface area contributed by atoms with E-state index >= 15 is 0 Å². The lowest BCUT2D eigenvalue weighted by Crippen LogP contribution is -2.82. The van der Waals surface area contributed by atoms with Crippen LogP contribution >= 0.6 is 22.9 Å². The van der Waals surface area contributed by atoms with E-state index in [2.05, 4.69) is 14.8 Å². The third-order valence-corrected chi connectivity index (χ3v) is 6.32. The lowest BCUT2D eigenvalue weighted by molar-refractivity contribution is -0.538. The van der Waals surface area contributed by atoms with Gasteiger partial charge in [0.2, 0.25) is 4.88 Å². The van der Waals surface area contributed by atoms with Crippen LogP contribution in [0.2, 0.25) is 0 Å². The second-order valence-corrected chi connectivity index (χ2v) is 8.18. The number of esters is 1. The normalized spacial score (nSPS) is 10.5. The van der Waals surface area contributed by atoms with E-state index in [1.165, 1.54) is 11.3 Å². The highest BCUT2D eigenvalue weighted by atomic mass is 32.1. The summed E-state index contributed by atoms with van der Waals surface area (Å²) >= 11 is 2.34. The molecule has 0 aliphatic rings. The molecule has 0 radical (unpaired) electrons. The number of ether oxygens (including phenoxy) is 1. The lowest BCUT2D eigenvalue weighted by Gasteiger charge is -2.06. The molecule has 0 saturated carbocycles. The number of nitrogens with one attached hydrogen (secondary N) is 2. The van der Waals surface area contributed by atoms with Gasteiger partial charge < -0.3 is 16.2 Å². The number of aromatic nitrogens is 2. The van der Waals surface area contributed by atoms with E-state index in [-0.39, 0.29) is 12.3 Å². The number of rotatable bonds is 7. The number of hydrogen-bond acceptors (Lipinski definition) is 10. The summed E-state index contributed by atoms with van der Waals surface area (Å²) in [5.41, 5.74) is 20.7. The van der Waals surface area contributed by atoms with Gasteiger partial charge in [0.05, 0.1) is 30.0 Å². The van der Waals surface area contributed by atoms with Gasteiger partial charge in [-0.3, -0.25) is 0 Å². The van der Waals surface area contributed by atoms with Gasteiger partial charge in [0.1, 0.15) is 22.2 Å². The zero-order valence-corrected chi connectivity index (χ0v) is 18.4. The van der Waals surface area contributed by atoms with Gasteiger partial charge in [-0.2, -0.15) is 10.5 Å². The predicted octanol–water partition coefficient (Wildman–Crippen LogP) is 1.69. The number of carbonyl (C=O) groups excluding carboxylic acids is 1. The molecule has 3 aromatic rings. The van der Waals surface area contributed by atoms with Gasteiger partial charge in [0.15, 0.2) is 16.6 Å². The number of hydrogen-bond donors (Lipinski definition) is 4. The smallest absolute Gasteiger partial charge is 0.356 e. The second kappa shape index (κ2) is 9.40. The molecule has 0 unspecified atom stereocenters. The summed E-state index contributed by atoms with van der Waals surface area (Å²) in [5, 5.41) is 19.3. The van der Waals surface area contributed by atoms with Gasteiger partial charge in [0.25, 0.3) is 5.69 Å². The highest BCUT2D eigenvalue weighted by molar-refractivity contribution is 7.16. The molecule has 8 N–H and O–H groups in total. The van der Waals surface area contributed by atoms with Crippen molar-refractivity contribution in [2.75, 3.05) is 23.5 Å². The van der Waals surface area contributed by atoms with Gasteiger partial charge in [-0.05, 0) is 19.9 Å². The Morgan fingerprint density at radius 2 is 2.13 bits per heavy atom. The third-order valence-electron chi connectivity index (χ3n) is 4.26. The Bertz CT molecular complexity index is 1190. The van der Waals surface area contributed by atoms with Crippen LogP contribution in [0.25, 0.3) is 11.3 Å². The Morgan fingerprint density at radius 1 is 1.39 bits per heavy atom. The SMILES string of the molecule is CCOC(=O)c1s[nH+]c(-c2cc([NH2+]Nc3sc(C(C#N)C#N)nc3C)ccc2N)c1N. The van der Waals surface area contributed by atoms with Gasteiger partial charge >= 0.3 is 5.97 Å². The van der Waals surface area contributed by atoms with Crippen molar-refractivity contribution in [3.8, 4) is 23.4 Å². The average Bonchev–Trinajstić information content (AvgIpc) is 3.31. The largest absolute Gasteiger partial charge is 0.462 e. The summed E-state index contributed by atoms with van der Waals surface area (Å²) in [6.45, 7) is 3.78. The van der Waals surface area contributed by atoms with Crippen molar-refractivity contribution in [2.45, 2.75) is 19.8 Å². The number of thiazole rings is 1. The van der Waals surface area contributed by atoms with Gasteiger partial charge in [-0.25, -0.2) is 20.6 Å². The molecule has 158 valence electrons. The van der Waals surface area contributed by atoms with Gasteiger partial charge in [0, 0.05) is 17.8 Å². The molecule has 0 aliphatic carbocycles. The van der Waals surface area contributed by atoms with Crippen LogP contribution in [0.4, 0.5) is 22.1 Å². The standard InChI is InChI=1S/C19H18N8O2S2/c1-3-29-19(28)16-14(23)15(27-31-16)12-6-11(4-5-13(12)22)25-26-17-9(2)24-18(30-17)10(7-20)8-21/h4-6,10,25-26H,3,22-23H2,1-2H3/p+2. The number of anilines is 3. The van der Waals surface area contributed by atoms with E-state index < -0.39 is 11.9 Å². The number of aryl methyl sites for hydroxylation is 1. The maximum absolute atomic E-state index is 12.0. The second-order valence-electron chi connectivity index (χ2n) is 6.34. The predicted molar refractivity (Wildman–Crippen MR) is 117 cm³/mol. The molecule has 2 aromatic heterocycles. The lowest BCUT2D eigenvalue weighted by atomic mass is 10.1. The van der Waals surface area contributed by atoms with Crippen molar-refractivity contribution in [1.82, 2.24) is 4.98 Å². The van der Waals surface area contributed by atoms with Crippen LogP contribution in [-0.2, 0) is 4.74 Å². The Hall–Kier alpha value is -3.71. The van der Waals surface area contributed by atoms with Crippen LogP contribution in [0.5, 0.6) is 0 Å². The monoisotopic (exact) mass is 456 g/mol. The zero-order chi connectivity index (χ0) is 22.5. The van der Waals surface area contributed by atoms with Crippen molar-refractivity contribution in [3.63, 3.8) is 0 Å². The summed E-state index contributed by atoms with van der Waals surface area (Å²) in [6, 6.07) is 9.25. The van der Waals surface area contributed by atoms with Crippen LogP contribution in [0.1, 0.15) is 33.2 Å². The number of benzene rings is 1. The number of quaternary nitrogens is 1. The number of nitriles is 2. The number of carbonyl (C=O) groups is 1. The number of nitrogens with zero attached hydrogens (tertiary/aromatic N) is 3. The van der Waals surface area contributed by atoms with Crippen LogP contribution in [0.3, 0.4) is 0 Å². The summed E-state index contributed by atoms with van der Waals surface area (Å²) in [4.78, 5) is 16.6. The van der Waals surface area contributed by atoms with E-state index in [9.17, 15) is 4.79 Å². The van der Waals surface area contributed by atoms with Crippen molar-refractivity contribution >= 4 is 50.9 Å². The topological polar surface area (TPSA) is 182 Å². The minimum Gasteiger partial charge on any atom is -0.462 e.